The second kappa shape index (κ2) is 8.74. The maximum Gasteiger partial charge on any atom is 0.148 e. The Hall–Kier alpha value is -1.50. The number of rotatable bonds is 3. The number of nitrogens with two attached hydrogens (primary N) is 1. The number of hydrogen-bond donors (Lipinski definition) is 2. The summed E-state index contributed by atoms with van der Waals surface area (Å²) in [6, 6.07) is 2.16. The summed E-state index contributed by atoms with van der Waals surface area (Å²) >= 11 is 2.07. The molecular formula is C18H23FIN5. The average Bonchev–Trinajstić information content (AvgIpc) is 2.58. The Kier molecular flexibility index (Phi) is 6.93. The Bertz CT molecular complexity index is 722. The first-order valence-corrected chi connectivity index (χ1v) is 9.41. The minimum absolute atomic E-state index is 0.0958. The lowest BCUT2D eigenvalue weighted by molar-refractivity contribution is 0.186. The highest BCUT2D eigenvalue weighted by atomic mass is 127. The zero-order valence-corrected chi connectivity index (χ0v) is 16.8. The first-order chi connectivity index (χ1) is 11.9. The van der Waals surface area contributed by atoms with Crippen molar-refractivity contribution >= 4 is 28.3 Å². The molecular weight excluding hydrogens is 432 g/mol. The van der Waals surface area contributed by atoms with Crippen LogP contribution in [0.2, 0.25) is 0 Å². The lowest BCUT2D eigenvalue weighted by Gasteiger charge is -2.40. The van der Waals surface area contributed by atoms with Crippen LogP contribution in [0.4, 0.5) is 4.39 Å². The Morgan fingerprint density at radius 1 is 1.52 bits per heavy atom. The van der Waals surface area contributed by atoms with Crippen molar-refractivity contribution in [2.24, 2.45) is 16.8 Å². The number of aliphatic imine (C=N–C) groups is 1. The molecule has 1 saturated heterocycles. The van der Waals surface area contributed by atoms with Crippen molar-refractivity contribution in [3.8, 4) is 6.07 Å². The van der Waals surface area contributed by atoms with Crippen molar-refractivity contribution in [3.63, 3.8) is 0 Å². The summed E-state index contributed by atoms with van der Waals surface area (Å²) in [5.74, 6) is 5.62. The van der Waals surface area contributed by atoms with E-state index in [9.17, 15) is 9.65 Å². The average molecular weight is 455 g/mol. The van der Waals surface area contributed by atoms with Gasteiger partial charge in [0.25, 0.3) is 0 Å². The van der Waals surface area contributed by atoms with E-state index in [-0.39, 0.29) is 11.6 Å². The lowest BCUT2D eigenvalue weighted by atomic mass is 9.88. The maximum atomic E-state index is 15.0. The molecule has 2 rings (SSSR count). The first kappa shape index (κ1) is 19.8. The van der Waals surface area contributed by atoms with Crippen LogP contribution in [0.3, 0.4) is 0 Å². The quantitative estimate of drug-likeness (QED) is 0.388. The van der Waals surface area contributed by atoms with E-state index >= 15 is 0 Å². The standard InChI is InChI=1S/C18H23FIN5/c1-11(2)16-17(23-5-4-20)13(8-21)7-15(19)18(16)25-9-12(3)6-14(10-25)24-22/h4-5,7,12,14,24H,6,9-10,22H2,1-3H3/b5-4-,23-17?/t12-,14+/m0/s1. The van der Waals surface area contributed by atoms with Gasteiger partial charge in [0.2, 0.25) is 0 Å². The van der Waals surface area contributed by atoms with Crippen LogP contribution in [0, 0.1) is 17.2 Å². The molecule has 5 nitrogen and oxygen atoms in total. The smallest absolute Gasteiger partial charge is 0.148 e. The number of piperidine rings is 1. The van der Waals surface area contributed by atoms with Gasteiger partial charge in [0.1, 0.15) is 11.9 Å². The molecule has 3 N–H and O–H groups in total. The minimum Gasteiger partial charge on any atom is -0.367 e. The van der Waals surface area contributed by atoms with E-state index < -0.39 is 5.83 Å². The summed E-state index contributed by atoms with van der Waals surface area (Å²) in [5, 5.41) is 9.42. The zero-order valence-electron chi connectivity index (χ0n) is 14.7. The maximum absolute atomic E-state index is 15.0. The largest absolute Gasteiger partial charge is 0.367 e. The molecule has 0 saturated carbocycles. The third-order valence-electron chi connectivity index (χ3n) is 4.32. The molecule has 0 aromatic rings. The summed E-state index contributed by atoms with van der Waals surface area (Å²) in [5.41, 5.74) is 5.69. The van der Waals surface area contributed by atoms with Gasteiger partial charge < -0.3 is 4.90 Å². The number of nitrogens with one attached hydrogen (secondary N) is 1. The van der Waals surface area contributed by atoms with Crippen LogP contribution in [0.5, 0.6) is 0 Å². The summed E-state index contributed by atoms with van der Waals surface area (Å²) < 4.78 is 16.7. The highest BCUT2D eigenvalue weighted by Crippen LogP contribution is 2.35. The van der Waals surface area contributed by atoms with Gasteiger partial charge >= 0.3 is 0 Å². The third-order valence-corrected chi connectivity index (χ3v) is 4.64. The zero-order chi connectivity index (χ0) is 18.6. The fourth-order valence-electron chi connectivity index (χ4n) is 3.39. The van der Waals surface area contributed by atoms with Crippen LogP contribution in [0.1, 0.15) is 27.2 Å². The van der Waals surface area contributed by atoms with Crippen LogP contribution in [-0.4, -0.2) is 29.7 Å². The molecule has 1 aliphatic carbocycles. The van der Waals surface area contributed by atoms with Crippen molar-refractivity contribution in [2.45, 2.75) is 33.2 Å². The summed E-state index contributed by atoms with van der Waals surface area (Å²) in [6.07, 6.45) is 3.85. The number of nitrogens with zero attached hydrogens (tertiary/aromatic N) is 3. The van der Waals surface area contributed by atoms with Gasteiger partial charge in [-0.05, 0) is 36.3 Å². The van der Waals surface area contributed by atoms with E-state index in [2.05, 4.69) is 46.0 Å². The number of likely N-dealkylation sites (tertiary alicyclic amines) is 1. The molecule has 2 atom stereocenters. The number of allylic oxidation sites excluding steroid dienone is 5. The molecule has 0 aromatic heterocycles. The molecule has 1 heterocycles. The third kappa shape index (κ3) is 4.37. The minimum atomic E-state index is -0.393. The molecule has 134 valence electrons. The Labute approximate surface area is 162 Å². The van der Waals surface area contributed by atoms with Crippen molar-refractivity contribution in [3.05, 3.63) is 44.6 Å². The SMILES string of the molecule is CC(C)=C1C(=N/C=C\I)C(C#N)=CC(F)=C1N1C[C@@H](C)C[C@@H](NN)C1. The molecule has 0 amide bonds. The van der Waals surface area contributed by atoms with Crippen molar-refractivity contribution in [2.75, 3.05) is 13.1 Å². The van der Waals surface area contributed by atoms with Crippen molar-refractivity contribution in [1.82, 2.24) is 10.3 Å². The molecule has 2 aliphatic rings. The molecule has 0 bridgehead atoms. The van der Waals surface area contributed by atoms with Gasteiger partial charge in [-0.1, -0.05) is 35.1 Å². The fraction of sp³-hybridized carbons (Fsp3) is 0.444. The van der Waals surface area contributed by atoms with Gasteiger partial charge in [0.15, 0.2) is 0 Å². The summed E-state index contributed by atoms with van der Waals surface area (Å²) in [6.45, 7) is 7.31. The number of hydrogen-bond acceptors (Lipinski definition) is 5. The molecule has 1 aliphatic heterocycles. The van der Waals surface area contributed by atoms with Gasteiger partial charge in [-0.25, -0.2) is 4.39 Å². The lowest BCUT2D eigenvalue weighted by Crippen LogP contribution is -2.51. The van der Waals surface area contributed by atoms with E-state index in [4.69, 9.17) is 5.84 Å². The molecule has 0 unspecified atom stereocenters. The number of hydrazine groups is 1. The van der Waals surface area contributed by atoms with Gasteiger partial charge in [0, 0.05) is 30.9 Å². The van der Waals surface area contributed by atoms with E-state index in [1.807, 2.05) is 18.7 Å². The molecule has 0 spiro atoms. The Morgan fingerprint density at radius 2 is 2.24 bits per heavy atom. The van der Waals surface area contributed by atoms with Gasteiger partial charge in [-0.15, -0.1) is 0 Å². The van der Waals surface area contributed by atoms with E-state index in [1.54, 1.807) is 10.3 Å². The Balaban J connectivity index is 2.59. The first-order valence-electron chi connectivity index (χ1n) is 8.17. The molecule has 0 radical (unpaired) electrons. The van der Waals surface area contributed by atoms with E-state index in [1.165, 1.54) is 6.08 Å². The highest BCUT2D eigenvalue weighted by Gasteiger charge is 2.33. The summed E-state index contributed by atoms with van der Waals surface area (Å²) in [4.78, 5) is 6.42. The highest BCUT2D eigenvalue weighted by molar-refractivity contribution is 14.1. The fourth-order valence-corrected chi connectivity index (χ4v) is 3.55. The van der Waals surface area contributed by atoms with Crippen LogP contribution in [-0.2, 0) is 0 Å². The Morgan fingerprint density at radius 3 is 2.80 bits per heavy atom. The monoisotopic (exact) mass is 455 g/mol. The molecule has 1 fully saturated rings. The molecule has 0 aromatic carbocycles. The van der Waals surface area contributed by atoms with E-state index in [0.717, 1.165) is 18.5 Å². The van der Waals surface area contributed by atoms with E-state index in [0.29, 0.717) is 29.4 Å². The molecule has 25 heavy (non-hydrogen) atoms. The van der Waals surface area contributed by atoms with Gasteiger partial charge in [-0.3, -0.25) is 16.3 Å². The molecule has 7 heteroatoms. The second-order valence-corrected chi connectivity index (χ2v) is 7.32. The second-order valence-electron chi connectivity index (χ2n) is 6.60. The van der Waals surface area contributed by atoms with Crippen molar-refractivity contribution < 1.29 is 4.39 Å². The number of halogens is 2. The van der Waals surface area contributed by atoms with Crippen LogP contribution in [0.25, 0.3) is 0 Å². The number of nitriles is 1. The van der Waals surface area contributed by atoms with Gasteiger partial charge in [-0.2, -0.15) is 5.26 Å². The normalized spacial score (nSPS) is 26.3. The van der Waals surface area contributed by atoms with Crippen LogP contribution in [0.15, 0.2) is 49.6 Å². The summed E-state index contributed by atoms with van der Waals surface area (Å²) in [7, 11) is 0. The van der Waals surface area contributed by atoms with Crippen LogP contribution < -0.4 is 11.3 Å². The van der Waals surface area contributed by atoms with Crippen LogP contribution >= 0.6 is 22.6 Å². The predicted octanol–water partition coefficient (Wildman–Crippen LogP) is 3.49. The predicted molar refractivity (Wildman–Crippen MR) is 107 cm³/mol. The van der Waals surface area contributed by atoms with Crippen molar-refractivity contribution in [1.29, 1.82) is 5.26 Å². The van der Waals surface area contributed by atoms with Gasteiger partial charge in [0.05, 0.1) is 17.0 Å². The topological polar surface area (TPSA) is 77.4 Å².